The van der Waals surface area contributed by atoms with Crippen LogP contribution in [0.4, 0.5) is 0 Å². The number of aromatic nitrogens is 1. The Kier molecular flexibility index (Phi) is 1.81. The van der Waals surface area contributed by atoms with E-state index in [-0.39, 0.29) is 0 Å². The molecule has 0 saturated carbocycles. The summed E-state index contributed by atoms with van der Waals surface area (Å²) in [6.07, 6.45) is 2.84. The molecular weight excluding hydrogens is 162 g/mol. The van der Waals surface area contributed by atoms with Crippen LogP contribution in [0.15, 0.2) is 36.5 Å². The van der Waals surface area contributed by atoms with Crippen molar-refractivity contribution in [3.63, 3.8) is 0 Å². The highest BCUT2D eigenvalue weighted by molar-refractivity contribution is 5.84. The average molecular weight is 172 g/mol. The summed E-state index contributed by atoms with van der Waals surface area (Å²) in [6.45, 7) is 0. The van der Waals surface area contributed by atoms with Gasteiger partial charge in [0, 0.05) is 23.1 Å². The number of carbonyl (C=O) groups excluding carboxylic acids is 1. The fraction of sp³-hybridized carbons (Fsp3) is 0.0909. The molecule has 1 aromatic heterocycles. The van der Waals surface area contributed by atoms with Crippen molar-refractivity contribution >= 4 is 17.2 Å². The molecule has 0 amide bonds. The maximum atomic E-state index is 10.6. The molecule has 0 fully saturated rings. The predicted molar refractivity (Wildman–Crippen MR) is 50.5 cm³/mol. The lowest BCUT2D eigenvalue weighted by molar-refractivity contribution is -0.644. The van der Waals surface area contributed by atoms with Gasteiger partial charge in [-0.15, -0.1) is 0 Å². The molecule has 1 heterocycles. The van der Waals surface area contributed by atoms with Crippen LogP contribution in [0.3, 0.4) is 0 Å². The normalized spacial score (nSPS) is 10.2. The second kappa shape index (κ2) is 2.98. The van der Waals surface area contributed by atoms with Crippen molar-refractivity contribution in [1.29, 1.82) is 0 Å². The number of hydrogen-bond donors (Lipinski definition) is 0. The summed E-state index contributed by atoms with van der Waals surface area (Å²) in [7, 11) is 1.97. The number of aldehydes is 1. The van der Waals surface area contributed by atoms with Crippen LogP contribution in [-0.4, -0.2) is 6.29 Å². The molecule has 0 unspecified atom stereocenters. The third kappa shape index (κ3) is 1.31. The molecule has 0 atom stereocenters. The van der Waals surface area contributed by atoms with Crippen molar-refractivity contribution in [1.82, 2.24) is 0 Å². The Hall–Kier alpha value is -1.70. The van der Waals surface area contributed by atoms with Gasteiger partial charge in [-0.1, -0.05) is 6.07 Å². The Morgan fingerprint density at radius 3 is 2.92 bits per heavy atom. The summed E-state index contributed by atoms with van der Waals surface area (Å²) in [5.74, 6) is 0. The van der Waals surface area contributed by atoms with E-state index in [0.717, 1.165) is 17.2 Å². The van der Waals surface area contributed by atoms with Gasteiger partial charge >= 0.3 is 0 Å². The van der Waals surface area contributed by atoms with E-state index in [0.29, 0.717) is 5.56 Å². The van der Waals surface area contributed by atoms with E-state index >= 15 is 0 Å². The van der Waals surface area contributed by atoms with E-state index in [4.69, 9.17) is 0 Å². The number of hydrogen-bond acceptors (Lipinski definition) is 1. The first-order valence-corrected chi connectivity index (χ1v) is 4.15. The van der Waals surface area contributed by atoms with E-state index in [1.54, 1.807) is 0 Å². The maximum Gasteiger partial charge on any atom is 0.212 e. The van der Waals surface area contributed by atoms with Crippen LogP contribution in [0.5, 0.6) is 0 Å². The standard InChI is InChI=1S/C11H10NO/c1-12-6-2-3-10-5-4-9(8-13)7-11(10)12/h2-8H,1H3/q+1. The molecule has 0 bridgehead atoms. The Bertz CT molecular complexity index is 463. The van der Waals surface area contributed by atoms with Crippen LogP contribution in [0, 0.1) is 0 Å². The number of aryl methyl sites for hydroxylation is 1. The fourth-order valence-corrected chi connectivity index (χ4v) is 1.44. The Morgan fingerprint density at radius 2 is 2.15 bits per heavy atom. The van der Waals surface area contributed by atoms with Crippen molar-refractivity contribution < 1.29 is 9.36 Å². The van der Waals surface area contributed by atoms with Gasteiger partial charge in [-0.3, -0.25) is 4.79 Å². The van der Waals surface area contributed by atoms with Crippen molar-refractivity contribution in [2.75, 3.05) is 0 Å². The summed E-state index contributed by atoms with van der Waals surface area (Å²) in [5.41, 5.74) is 1.79. The van der Waals surface area contributed by atoms with Crippen molar-refractivity contribution in [2.45, 2.75) is 0 Å². The molecular formula is C11H10NO+. The number of carbonyl (C=O) groups is 1. The fourth-order valence-electron chi connectivity index (χ4n) is 1.44. The molecule has 0 saturated heterocycles. The Labute approximate surface area is 76.4 Å². The van der Waals surface area contributed by atoms with Gasteiger partial charge < -0.3 is 0 Å². The lowest BCUT2D eigenvalue weighted by atomic mass is 10.1. The van der Waals surface area contributed by atoms with Crippen molar-refractivity contribution in [2.24, 2.45) is 7.05 Å². The van der Waals surface area contributed by atoms with Gasteiger partial charge in [0.05, 0.1) is 0 Å². The highest BCUT2D eigenvalue weighted by Crippen LogP contribution is 2.10. The van der Waals surface area contributed by atoms with Crippen molar-refractivity contribution in [3.05, 3.63) is 42.1 Å². The molecule has 2 rings (SSSR count). The molecule has 0 aliphatic carbocycles. The van der Waals surface area contributed by atoms with Crippen LogP contribution >= 0.6 is 0 Å². The van der Waals surface area contributed by atoms with Gasteiger partial charge in [0.1, 0.15) is 13.3 Å². The van der Waals surface area contributed by atoms with Gasteiger partial charge in [-0.05, 0) is 12.1 Å². The molecule has 0 radical (unpaired) electrons. The average Bonchev–Trinajstić information content (AvgIpc) is 2.18. The van der Waals surface area contributed by atoms with E-state index in [1.165, 1.54) is 0 Å². The minimum atomic E-state index is 0.717. The molecule has 1 aromatic carbocycles. The summed E-state index contributed by atoms with van der Waals surface area (Å²) >= 11 is 0. The summed E-state index contributed by atoms with van der Waals surface area (Å²) in [5, 5.41) is 1.15. The van der Waals surface area contributed by atoms with E-state index in [1.807, 2.05) is 48.1 Å². The predicted octanol–water partition coefficient (Wildman–Crippen LogP) is 1.48. The van der Waals surface area contributed by atoms with Crippen LogP contribution < -0.4 is 4.57 Å². The van der Waals surface area contributed by atoms with Gasteiger partial charge in [-0.25, -0.2) is 4.57 Å². The van der Waals surface area contributed by atoms with E-state index < -0.39 is 0 Å². The second-order valence-electron chi connectivity index (χ2n) is 3.06. The third-order valence-corrected chi connectivity index (χ3v) is 2.16. The molecule has 2 aromatic rings. The molecule has 64 valence electrons. The second-order valence-corrected chi connectivity index (χ2v) is 3.06. The van der Waals surface area contributed by atoms with Crippen LogP contribution in [0.2, 0.25) is 0 Å². The molecule has 0 N–H and O–H groups in total. The minimum Gasteiger partial charge on any atom is -0.298 e. The molecule has 0 spiro atoms. The lowest BCUT2D eigenvalue weighted by Crippen LogP contribution is -2.27. The summed E-state index contributed by atoms with van der Waals surface area (Å²) in [6, 6.07) is 9.70. The quantitative estimate of drug-likeness (QED) is 0.471. The van der Waals surface area contributed by atoms with E-state index in [2.05, 4.69) is 0 Å². The molecule has 0 aliphatic rings. The molecule has 13 heavy (non-hydrogen) atoms. The highest BCUT2D eigenvalue weighted by Gasteiger charge is 2.03. The van der Waals surface area contributed by atoms with Gasteiger partial charge in [0.2, 0.25) is 5.52 Å². The Balaban J connectivity index is 2.81. The van der Waals surface area contributed by atoms with Gasteiger partial charge in [0.25, 0.3) is 0 Å². The summed E-state index contributed by atoms with van der Waals surface area (Å²) in [4.78, 5) is 10.6. The van der Waals surface area contributed by atoms with Gasteiger partial charge in [-0.2, -0.15) is 0 Å². The first kappa shape index (κ1) is 7.92. The highest BCUT2D eigenvalue weighted by atomic mass is 16.1. The first-order chi connectivity index (χ1) is 6.31. The number of nitrogens with zero attached hydrogens (tertiary/aromatic N) is 1. The molecule has 2 nitrogen and oxygen atoms in total. The van der Waals surface area contributed by atoms with E-state index in [9.17, 15) is 4.79 Å². The Morgan fingerprint density at radius 1 is 1.31 bits per heavy atom. The third-order valence-electron chi connectivity index (χ3n) is 2.16. The van der Waals surface area contributed by atoms with Gasteiger partial charge in [0.15, 0.2) is 6.20 Å². The zero-order valence-electron chi connectivity index (χ0n) is 7.40. The van der Waals surface area contributed by atoms with Crippen LogP contribution in [-0.2, 0) is 7.05 Å². The zero-order valence-corrected chi connectivity index (χ0v) is 7.40. The van der Waals surface area contributed by atoms with Crippen LogP contribution in [0.25, 0.3) is 10.9 Å². The van der Waals surface area contributed by atoms with Crippen molar-refractivity contribution in [3.8, 4) is 0 Å². The zero-order chi connectivity index (χ0) is 9.26. The molecule has 2 heteroatoms. The number of fused-ring (bicyclic) bond motifs is 1. The number of rotatable bonds is 1. The van der Waals surface area contributed by atoms with Crippen LogP contribution in [0.1, 0.15) is 10.4 Å². The summed E-state index contributed by atoms with van der Waals surface area (Å²) < 4.78 is 2.00. The maximum absolute atomic E-state index is 10.6. The topological polar surface area (TPSA) is 20.9 Å². The largest absolute Gasteiger partial charge is 0.298 e. The monoisotopic (exact) mass is 172 g/mol. The smallest absolute Gasteiger partial charge is 0.212 e. The molecule has 0 aliphatic heterocycles. The number of benzene rings is 1. The minimum absolute atomic E-state index is 0.717. The SMILES string of the molecule is C[n+]1cccc2ccc(C=O)cc21. The number of pyridine rings is 1. The lowest BCUT2D eigenvalue weighted by Gasteiger charge is -1.96. The first-order valence-electron chi connectivity index (χ1n) is 4.15.